The molecular formula is C16H15N3O5. The molecule has 24 heavy (non-hydrogen) atoms. The first-order valence-corrected chi connectivity index (χ1v) is 6.99. The van der Waals surface area contributed by atoms with Crippen molar-refractivity contribution in [3.8, 4) is 0 Å². The van der Waals surface area contributed by atoms with E-state index in [0.29, 0.717) is 5.69 Å². The van der Waals surface area contributed by atoms with E-state index >= 15 is 0 Å². The molecule has 1 amide bonds. The molecule has 3 N–H and O–H groups in total. The molecule has 1 unspecified atom stereocenters. The molecule has 0 saturated carbocycles. The fraction of sp³-hybridized carbons (Fsp3) is 0.125. The third-order valence-corrected chi connectivity index (χ3v) is 3.16. The molecule has 0 aliphatic carbocycles. The Hall–Kier alpha value is -3.42. The molecule has 2 aromatic carbocycles. The molecule has 0 aliphatic heterocycles. The lowest BCUT2D eigenvalue weighted by atomic mass is 10.2. The topological polar surface area (TPSA) is 125 Å². The molecule has 2 aromatic rings. The number of benzene rings is 2. The van der Waals surface area contributed by atoms with Crippen molar-refractivity contribution in [2.75, 3.05) is 11.1 Å². The number of nitro groups is 1. The number of nitro benzene ring substituents is 1. The van der Waals surface area contributed by atoms with Crippen molar-refractivity contribution in [2.24, 2.45) is 0 Å². The highest BCUT2D eigenvalue weighted by Crippen LogP contribution is 2.23. The summed E-state index contributed by atoms with van der Waals surface area (Å²) < 4.78 is 5.03. The SMILES string of the molecule is CC(OC(=O)c1ccc(N)c([N+](=O)[O-])c1)C(=O)Nc1ccccc1. The van der Waals surface area contributed by atoms with Crippen LogP contribution < -0.4 is 11.1 Å². The first kappa shape index (κ1) is 16.9. The van der Waals surface area contributed by atoms with E-state index in [1.165, 1.54) is 19.1 Å². The molecule has 0 bridgehead atoms. The number of carbonyl (C=O) groups is 2. The summed E-state index contributed by atoms with van der Waals surface area (Å²) in [6, 6.07) is 12.2. The van der Waals surface area contributed by atoms with E-state index in [1.807, 2.05) is 0 Å². The van der Waals surface area contributed by atoms with Gasteiger partial charge < -0.3 is 15.8 Å². The van der Waals surface area contributed by atoms with Crippen LogP contribution in [-0.4, -0.2) is 22.9 Å². The van der Waals surface area contributed by atoms with E-state index in [1.54, 1.807) is 30.3 Å². The average molecular weight is 329 g/mol. The van der Waals surface area contributed by atoms with Crippen LogP contribution in [0.4, 0.5) is 17.1 Å². The summed E-state index contributed by atoms with van der Waals surface area (Å²) in [7, 11) is 0. The van der Waals surface area contributed by atoms with Gasteiger partial charge in [0.15, 0.2) is 6.10 Å². The number of amides is 1. The van der Waals surface area contributed by atoms with Gasteiger partial charge in [-0.3, -0.25) is 14.9 Å². The molecule has 8 nitrogen and oxygen atoms in total. The van der Waals surface area contributed by atoms with Gasteiger partial charge in [-0.15, -0.1) is 0 Å². The number of ether oxygens (including phenoxy) is 1. The average Bonchev–Trinajstić information content (AvgIpc) is 2.55. The Kier molecular flexibility index (Phi) is 5.10. The van der Waals surface area contributed by atoms with Gasteiger partial charge in [0, 0.05) is 11.8 Å². The first-order chi connectivity index (χ1) is 11.4. The second-order valence-electron chi connectivity index (χ2n) is 4.93. The van der Waals surface area contributed by atoms with Crippen molar-refractivity contribution in [1.29, 1.82) is 0 Å². The summed E-state index contributed by atoms with van der Waals surface area (Å²) in [4.78, 5) is 34.2. The van der Waals surface area contributed by atoms with E-state index in [4.69, 9.17) is 10.5 Å². The molecule has 0 aliphatic rings. The number of para-hydroxylation sites is 1. The van der Waals surface area contributed by atoms with Crippen molar-refractivity contribution in [1.82, 2.24) is 0 Å². The van der Waals surface area contributed by atoms with Crippen molar-refractivity contribution in [2.45, 2.75) is 13.0 Å². The van der Waals surface area contributed by atoms with Crippen LogP contribution in [0.3, 0.4) is 0 Å². The van der Waals surface area contributed by atoms with Crippen LogP contribution >= 0.6 is 0 Å². The largest absolute Gasteiger partial charge is 0.449 e. The van der Waals surface area contributed by atoms with Gasteiger partial charge in [-0.2, -0.15) is 0 Å². The maximum Gasteiger partial charge on any atom is 0.339 e. The normalized spacial score (nSPS) is 11.4. The van der Waals surface area contributed by atoms with Gasteiger partial charge in [-0.1, -0.05) is 18.2 Å². The quantitative estimate of drug-likeness (QED) is 0.375. The molecule has 0 fully saturated rings. The molecule has 1 atom stereocenters. The molecule has 2 rings (SSSR count). The number of nitrogens with two attached hydrogens (primary N) is 1. The van der Waals surface area contributed by atoms with Crippen LogP contribution in [0.15, 0.2) is 48.5 Å². The Morgan fingerprint density at radius 3 is 2.50 bits per heavy atom. The number of anilines is 2. The van der Waals surface area contributed by atoms with Crippen molar-refractivity contribution in [3.05, 3.63) is 64.2 Å². The Balaban J connectivity index is 2.04. The smallest absolute Gasteiger partial charge is 0.339 e. The monoisotopic (exact) mass is 329 g/mol. The predicted octanol–water partition coefficient (Wildman–Crippen LogP) is 2.36. The summed E-state index contributed by atoms with van der Waals surface area (Å²) in [5, 5.41) is 13.4. The van der Waals surface area contributed by atoms with Gasteiger partial charge >= 0.3 is 5.97 Å². The zero-order chi connectivity index (χ0) is 17.7. The first-order valence-electron chi connectivity index (χ1n) is 6.99. The number of nitrogens with one attached hydrogen (secondary N) is 1. The van der Waals surface area contributed by atoms with E-state index < -0.39 is 28.6 Å². The van der Waals surface area contributed by atoms with Gasteiger partial charge in [0.2, 0.25) is 0 Å². The Morgan fingerprint density at radius 2 is 1.88 bits per heavy atom. The van der Waals surface area contributed by atoms with Crippen molar-refractivity contribution < 1.29 is 19.2 Å². The van der Waals surface area contributed by atoms with Crippen LogP contribution in [0.2, 0.25) is 0 Å². The summed E-state index contributed by atoms with van der Waals surface area (Å²) >= 11 is 0. The predicted molar refractivity (Wildman–Crippen MR) is 87.5 cm³/mol. The van der Waals surface area contributed by atoms with Crippen molar-refractivity contribution >= 4 is 28.9 Å². The number of hydrogen-bond donors (Lipinski definition) is 2. The molecule has 0 spiro atoms. The molecule has 0 saturated heterocycles. The fourth-order valence-electron chi connectivity index (χ4n) is 1.88. The molecule has 0 radical (unpaired) electrons. The number of rotatable bonds is 5. The van der Waals surface area contributed by atoms with Crippen LogP contribution in [0.25, 0.3) is 0 Å². The van der Waals surface area contributed by atoms with Crippen LogP contribution in [-0.2, 0) is 9.53 Å². The highest BCUT2D eigenvalue weighted by Gasteiger charge is 2.21. The molecule has 0 aromatic heterocycles. The maximum absolute atomic E-state index is 12.0. The number of nitrogens with zero attached hydrogens (tertiary/aromatic N) is 1. The number of hydrogen-bond acceptors (Lipinski definition) is 6. The van der Waals surface area contributed by atoms with E-state index in [9.17, 15) is 19.7 Å². The third kappa shape index (κ3) is 4.07. The minimum Gasteiger partial charge on any atom is -0.449 e. The second kappa shape index (κ2) is 7.23. The standard InChI is InChI=1S/C16H15N3O5/c1-10(15(20)18-12-5-3-2-4-6-12)24-16(21)11-7-8-13(17)14(9-11)19(22)23/h2-10H,17H2,1H3,(H,18,20). The summed E-state index contributed by atoms with van der Waals surface area (Å²) in [6.45, 7) is 1.40. The fourth-order valence-corrected chi connectivity index (χ4v) is 1.88. The Labute approximate surface area is 137 Å². The van der Waals surface area contributed by atoms with Crippen molar-refractivity contribution in [3.63, 3.8) is 0 Å². The van der Waals surface area contributed by atoms with Gasteiger partial charge in [0.05, 0.1) is 10.5 Å². The number of carbonyl (C=O) groups excluding carboxylic acids is 2. The lowest BCUT2D eigenvalue weighted by molar-refractivity contribution is -0.383. The lowest BCUT2D eigenvalue weighted by Gasteiger charge is -2.13. The Bertz CT molecular complexity index is 777. The van der Waals surface area contributed by atoms with Gasteiger partial charge in [0.25, 0.3) is 11.6 Å². The summed E-state index contributed by atoms with van der Waals surface area (Å²) in [5.41, 5.74) is 5.51. The highest BCUT2D eigenvalue weighted by molar-refractivity contribution is 5.97. The third-order valence-electron chi connectivity index (χ3n) is 3.16. The summed E-state index contributed by atoms with van der Waals surface area (Å²) in [6.07, 6.45) is -1.07. The lowest BCUT2D eigenvalue weighted by Crippen LogP contribution is -2.30. The number of nitrogen functional groups attached to an aromatic ring is 1. The van der Waals surface area contributed by atoms with Crippen LogP contribution in [0.5, 0.6) is 0 Å². The second-order valence-corrected chi connectivity index (χ2v) is 4.93. The maximum atomic E-state index is 12.0. The van der Waals surface area contributed by atoms with Crippen LogP contribution in [0, 0.1) is 10.1 Å². The molecule has 8 heteroatoms. The van der Waals surface area contributed by atoms with E-state index in [2.05, 4.69) is 5.32 Å². The van der Waals surface area contributed by atoms with Crippen LogP contribution in [0.1, 0.15) is 17.3 Å². The zero-order valence-electron chi connectivity index (χ0n) is 12.8. The van der Waals surface area contributed by atoms with E-state index in [0.717, 1.165) is 6.07 Å². The Morgan fingerprint density at radius 1 is 1.21 bits per heavy atom. The molecule has 0 heterocycles. The van der Waals surface area contributed by atoms with Gasteiger partial charge in [-0.25, -0.2) is 4.79 Å². The minimum absolute atomic E-state index is 0.0599. The number of esters is 1. The van der Waals surface area contributed by atoms with E-state index in [-0.39, 0.29) is 11.3 Å². The van der Waals surface area contributed by atoms with Gasteiger partial charge in [-0.05, 0) is 31.2 Å². The van der Waals surface area contributed by atoms with Gasteiger partial charge in [0.1, 0.15) is 5.69 Å². The summed E-state index contributed by atoms with van der Waals surface area (Å²) in [5.74, 6) is -1.37. The zero-order valence-corrected chi connectivity index (χ0v) is 12.8. The molecule has 124 valence electrons. The minimum atomic E-state index is -1.07. The molecular weight excluding hydrogens is 314 g/mol. The highest BCUT2D eigenvalue weighted by atomic mass is 16.6.